The average Bonchev–Trinajstić information content (AvgIpc) is 2.47. The number of ether oxygens (including phenoxy) is 1. The number of methoxy groups -OCH3 is 1. The van der Waals surface area contributed by atoms with Crippen molar-refractivity contribution in [3.05, 3.63) is 53.1 Å². The van der Waals surface area contributed by atoms with E-state index in [1.807, 2.05) is 0 Å². The largest absolute Gasteiger partial charge is 0.495 e. The normalized spacial score (nSPS) is 9.95. The summed E-state index contributed by atoms with van der Waals surface area (Å²) in [5, 5.41) is 5.80. The van der Waals surface area contributed by atoms with Crippen LogP contribution in [0.3, 0.4) is 0 Å². The SMILES string of the molecule is COc1ccc(NC(=O)c2ccc(NC(C)=O)cc2)cc1Cl. The molecule has 0 aromatic heterocycles. The fourth-order valence-electron chi connectivity index (χ4n) is 1.86. The van der Waals surface area contributed by atoms with Crippen molar-refractivity contribution in [2.45, 2.75) is 6.92 Å². The van der Waals surface area contributed by atoms with E-state index in [2.05, 4.69) is 10.6 Å². The molecule has 22 heavy (non-hydrogen) atoms. The maximum atomic E-state index is 12.1. The first-order chi connectivity index (χ1) is 10.5. The lowest BCUT2D eigenvalue weighted by molar-refractivity contribution is -0.114. The lowest BCUT2D eigenvalue weighted by atomic mass is 10.2. The van der Waals surface area contributed by atoms with Gasteiger partial charge in [0.05, 0.1) is 12.1 Å². The van der Waals surface area contributed by atoms with E-state index in [0.717, 1.165) is 0 Å². The third-order valence-electron chi connectivity index (χ3n) is 2.88. The summed E-state index contributed by atoms with van der Waals surface area (Å²) < 4.78 is 5.06. The molecule has 0 bridgehead atoms. The molecule has 6 heteroatoms. The van der Waals surface area contributed by atoms with Gasteiger partial charge in [0.2, 0.25) is 5.91 Å². The highest BCUT2D eigenvalue weighted by Gasteiger charge is 2.08. The number of rotatable bonds is 4. The van der Waals surface area contributed by atoms with Crippen molar-refractivity contribution in [3.63, 3.8) is 0 Å². The third-order valence-corrected chi connectivity index (χ3v) is 3.17. The van der Waals surface area contributed by atoms with Crippen LogP contribution < -0.4 is 15.4 Å². The molecule has 0 saturated carbocycles. The van der Waals surface area contributed by atoms with Gasteiger partial charge in [0, 0.05) is 23.9 Å². The average molecular weight is 319 g/mol. The van der Waals surface area contributed by atoms with E-state index in [1.165, 1.54) is 14.0 Å². The summed E-state index contributed by atoms with van der Waals surface area (Å²) in [7, 11) is 1.52. The lowest BCUT2D eigenvalue weighted by Crippen LogP contribution is -2.12. The van der Waals surface area contributed by atoms with Gasteiger partial charge in [-0.1, -0.05) is 11.6 Å². The summed E-state index contributed by atoms with van der Waals surface area (Å²) in [6.45, 7) is 1.42. The van der Waals surface area contributed by atoms with E-state index in [1.54, 1.807) is 42.5 Å². The fraction of sp³-hybridized carbons (Fsp3) is 0.125. The summed E-state index contributed by atoms with van der Waals surface area (Å²) in [6, 6.07) is 11.6. The van der Waals surface area contributed by atoms with Crippen LogP contribution in [0.2, 0.25) is 5.02 Å². The number of carbonyl (C=O) groups excluding carboxylic acids is 2. The second-order valence-corrected chi connectivity index (χ2v) is 4.97. The van der Waals surface area contributed by atoms with Crippen molar-refractivity contribution in [2.75, 3.05) is 17.7 Å². The second kappa shape index (κ2) is 6.95. The van der Waals surface area contributed by atoms with Crippen molar-refractivity contribution >= 4 is 34.8 Å². The molecule has 0 radical (unpaired) electrons. The predicted molar refractivity (Wildman–Crippen MR) is 86.7 cm³/mol. The summed E-state index contributed by atoms with van der Waals surface area (Å²) in [5.74, 6) is 0.111. The molecule has 2 aromatic rings. The van der Waals surface area contributed by atoms with Crippen LogP contribution in [0.5, 0.6) is 5.75 Å². The molecule has 0 aliphatic carbocycles. The molecular weight excluding hydrogens is 304 g/mol. The second-order valence-electron chi connectivity index (χ2n) is 4.56. The molecule has 2 aromatic carbocycles. The number of benzene rings is 2. The Morgan fingerprint density at radius 1 is 1.00 bits per heavy atom. The van der Waals surface area contributed by atoms with Gasteiger partial charge in [-0.2, -0.15) is 0 Å². The zero-order chi connectivity index (χ0) is 16.1. The van der Waals surface area contributed by atoms with Gasteiger partial charge in [0.25, 0.3) is 5.91 Å². The van der Waals surface area contributed by atoms with Crippen molar-refractivity contribution < 1.29 is 14.3 Å². The number of hydrogen-bond acceptors (Lipinski definition) is 3. The van der Waals surface area contributed by atoms with E-state index in [4.69, 9.17) is 16.3 Å². The fourth-order valence-corrected chi connectivity index (χ4v) is 2.11. The minimum atomic E-state index is -0.268. The van der Waals surface area contributed by atoms with Gasteiger partial charge in [0.1, 0.15) is 5.75 Å². The van der Waals surface area contributed by atoms with Crippen LogP contribution in [0.4, 0.5) is 11.4 Å². The molecule has 0 fully saturated rings. The number of nitrogens with one attached hydrogen (secondary N) is 2. The van der Waals surface area contributed by atoms with E-state index in [0.29, 0.717) is 27.7 Å². The molecule has 0 heterocycles. The molecule has 0 unspecified atom stereocenters. The Bertz CT molecular complexity index is 699. The Kier molecular flexibility index (Phi) is 5.01. The first kappa shape index (κ1) is 15.9. The zero-order valence-corrected chi connectivity index (χ0v) is 12.9. The minimum Gasteiger partial charge on any atom is -0.495 e. The van der Waals surface area contributed by atoms with E-state index < -0.39 is 0 Å². The number of halogens is 1. The van der Waals surface area contributed by atoms with Crippen molar-refractivity contribution in [3.8, 4) is 5.75 Å². The number of hydrogen-bond donors (Lipinski definition) is 2. The van der Waals surface area contributed by atoms with Crippen LogP contribution >= 0.6 is 11.6 Å². The van der Waals surface area contributed by atoms with Gasteiger partial charge in [0.15, 0.2) is 0 Å². The molecule has 0 aliphatic rings. The third kappa shape index (κ3) is 3.99. The summed E-state index contributed by atoms with van der Waals surface area (Å²) in [6.07, 6.45) is 0. The topological polar surface area (TPSA) is 67.4 Å². The lowest BCUT2D eigenvalue weighted by Gasteiger charge is -2.08. The number of anilines is 2. The Morgan fingerprint density at radius 2 is 1.64 bits per heavy atom. The highest BCUT2D eigenvalue weighted by molar-refractivity contribution is 6.32. The van der Waals surface area contributed by atoms with Crippen molar-refractivity contribution in [1.82, 2.24) is 0 Å². The van der Waals surface area contributed by atoms with Crippen molar-refractivity contribution in [1.29, 1.82) is 0 Å². The van der Waals surface area contributed by atoms with Gasteiger partial charge in [-0.3, -0.25) is 9.59 Å². The molecule has 2 N–H and O–H groups in total. The minimum absolute atomic E-state index is 0.162. The summed E-state index contributed by atoms with van der Waals surface area (Å²) in [5.41, 5.74) is 1.68. The van der Waals surface area contributed by atoms with Gasteiger partial charge >= 0.3 is 0 Å². The van der Waals surface area contributed by atoms with Crippen LogP contribution in [0, 0.1) is 0 Å². The van der Waals surface area contributed by atoms with Gasteiger partial charge in [-0.25, -0.2) is 0 Å². The summed E-state index contributed by atoms with van der Waals surface area (Å²) >= 11 is 6.01. The van der Waals surface area contributed by atoms with E-state index in [-0.39, 0.29) is 11.8 Å². The molecule has 0 atom stereocenters. The van der Waals surface area contributed by atoms with Gasteiger partial charge < -0.3 is 15.4 Å². The van der Waals surface area contributed by atoms with Gasteiger partial charge in [-0.15, -0.1) is 0 Å². The monoisotopic (exact) mass is 318 g/mol. The highest BCUT2D eigenvalue weighted by Crippen LogP contribution is 2.27. The van der Waals surface area contributed by atoms with Gasteiger partial charge in [-0.05, 0) is 42.5 Å². The van der Waals surface area contributed by atoms with Crippen LogP contribution in [0.25, 0.3) is 0 Å². The highest BCUT2D eigenvalue weighted by atomic mass is 35.5. The predicted octanol–water partition coefficient (Wildman–Crippen LogP) is 3.56. The van der Waals surface area contributed by atoms with E-state index >= 15 is 0 Å². The smallest absolute Gasteiger partial charge is 0.255 e. The molecule has 5 nitrogen and oxygen atoms in total. The maximum Gasteiger partial charge on any atom is 0.255 e. The molecule has 0 aliphatic heterocycles. The molecule has 114 valence electrons. The molecule has 2 rings (SSSR count). The maximum absolute atomic E-state index is 12.1. The Labute approximate surface area is 133 Å². The number of carbonyl (C=O) groups is 2. The zero-order valence-electron chi connectivity index (χ0n) is 12.1. The molecular formula is C16H15ClN2O3. The number of amides is 2. The first-order valence-electron chi connectivity index (χ1n) is 6.52. The van der Waals surface area contributed by atoms with E-state index in [9.17, 15) is 9.59 Å². The molecule has 0 saturated heterocycles. The summed E-state index contributed by atoms with van der Waals surface area (Å²) in [4.78, 5) is 23.1. The Hall–Kier alpha value is -2.53. The Morgan fingerprint density at radius 3 is 2.18 bits per heavy atom. The van der Waals surface area contributed by atoms with Crippen LogP contribution in [-0.2, 0) is 4.79 Å². The quantitative estimate of drug-likeness (QED) is 0.905. The Balaban J connectivity index is 2.08. The molecule has 0 spiro atoms. The molecule has 2 amide bonds. The van der Waals surface area contributed by atoms with Crippen LogP contribution in [0.1, 0.15) is 17.3 Å². The van der Waals surface area contributed by atoms with Crippen LogP contribution in [-0.4, -0.2) is 18.9 Å². The first-order valence-corrected chi connectivity index (χ1v) is 6.90. The van der Waals surface area contributed by atoms with Crippen molar-refractivity contribution in [2.24, 2.45) is 0 Å². The van der Waals surface area contributed by atoms with Crippen LogP contribution in [0.15, 0.2) is 42.5 Å². The standard InChI is InChI=1S/C16H15ClN2O3/c1-10(20)18-12-5-3-11(4-6-12)16(21)19-13-7-8-15(22-2)14(17)9-13/h3-9H,1-2H3,(H,18,20)(H,19,21).